The van der Waals surface area contributed by atoms with Gasteiger partial charge in [0, 0.05) is 0 Å². The fourth-order valence-electron chi connectivity index (χ4n) is 1.95. The molecule has 0 aromatic rings. The number of esters is 1. The second kappa shape index (κ2) is 27.1. The van der Waals surface area contributed by atoms with Crippen LogP contribution in [0.1, 0.15) is 6.42 Å². The summed E-state index contributed by atoms with van der Waals surface area (Å²) in [5, 5.41) is 0. The van der Waals surface area contributed by atoms with E-state index in [2.05, 4.69) is 4.74 Å². The average molecular weight is 459 g/mol. The molecule has 10 nitrogen and oxygen atoms in total. The third-order valence-corrected chi connectivity index (χ3v) is 3.50. The largest absolute Gasteiger partial charge is 0.469 e. The van der Waals surface area contributed by atoms with Gasteiger partial charge in [0.15, 0.2) is 0 Å². The molecule has 0 rings (SSSR count). The lowest BCUT2D eigenvalue weighted by atomic mass is 10.5. The van der Waals surface area contributed by atoms with Crippen LogP contribution in [0.5, 0.6) is 0 Å². The molecule has 0 heterocycles. The number of halogens is 1. The van der Waals surface area contributed by atoms with Crippen molar-refractivity contribution >= 4 is 5.97 Å². The van der Waals surface area contributed by atoms with Crippen LogP contribution in [-0.2, 0) is 47.4 Å². The van der Waals surface area contributed by atoms with Crippen molar-refractivity contribution in [3.63, 3.8) is 0 Å². The van der Waals surface area contributed by atoms with Gasteiger partial charge in [-0.3, -0.25) is 4.79 Å². The zero-order valence-electron chi connectivity index (χ0n) is 18.7. The normalized spacial score (nSPS) is 11.2. The Hall–Kier alpha value is -0.920. The quantitative estimate of drug-likeness (QED) is 0.136. The van der Waals surface area contributed by atoms with Crippen molar-refractivity contribution in [2.75, 3.05) is 119 Å². The van der Waals surface area contributed by atoms with Gasteiger partial charge in [-0.2, -0.15) is 0 Å². The van der Waals surface area contributed by atoms with E-state index in [4.69, 9.17) is 37.9 Å². The van der Waals surface area contributed by atoms with Gasteiger partial charge in [0.1, 0.15) is 6.67 Å². The topological polar surface area (TPSA) is 100 Å². The summed E-state index contributed by atoms with van der Waals surface area (Å²) in [6.07, 6.45) is 0.245. The van der Waals surface area contributed by atoms with Gasteiger partial charge >= 0.3 is 5.97 Å². The molecule has 0 saturated carbocycles. The van der Waals surface area contributed by atoms with Crippen molar-refractivity contribution in [1.82, 2.24) is 0 Å². The minimum absolute atomic E-state index is 0.113. The lowest BCUT2D eigenvalue weighted by Gasteiger charge is -2.08. The van der Waals surface area contributed by atoms with Gasteiger partial charge in [-0.05, 0) is 0 Å². The summed E-state index contributed by atoms with van der Waals surface area (Å²) < 4.78 is 58.5. The number of hydrogen-bond acceptors (Lipinski definition) is 10. The van der Waals surface area contributed by atoms with E-state index in [0.29, 0.717) is 99.1 Å². The molecule has 0 spiro atoms. The lowest BCUT2D eigenvalue weighted by molar-refractivity contribution is -0.141. The van der Waals surface area contributed by atoms with E-state index < -0.39 is 6.67 Å². The molecule has 0 aliphatic heterocycles. The second-order valence-corrected chi connectivity index (χ2v) is 5.91. The molecule has 186 valence electrons. The molecule has 0 aliphatic carbocycles. The smallest absolute Gasteiger partial charge is 0.307 e. The highest BCUT2D eigenvalue weighted by Crippen LogP contribution is 1.88. The molecule has 0 atom stereocenters. The Kier molecular flexibility index (Phi) is 26.3. The van der Waals surface area contributed by atoms with Crippen LogP contribution in [0, 0.1) is 0 Å². The highest BCUT2D eigenvalue weighted by atomic mass is 19.1. The Morgan fingerprint density at radius 2 is 0.742 bits per heavy atom. The molecule has 0 unspecified atom stereocenters. The average Bonchev–Trinajstić information content (AvgIpc) is 2.78. The Bertz CT molecular complexity index is 363. The van der Waals surface area contributed by atoms with Crippen molar-refractivity contribution in [3.8, 4) is 0 Å². The number of rotatable bonds is 26. The van der Waals surface area contributed by atoms with E-state index in [-0.39, 0.29) is 19.0 Å². The van der Waals surface area contributed by atoms with Crippen LogP contribution < -0.4 is 0 Å². The van der Waals surface area contributed by atoms with Crippen LogP contribution in [0.3, 0.4) is 0 Å². The minimum Gasteiger partial charge on any atom is -0.469 e. The number of ether oxygens (including phenoxy) is 9. The third-order valence-electron chi connectivity index (χ3n) is 3.50. The van der Waals surface area contributed by atoms with Crippen molar-refractivity contribution in [3.05, 3.63) is 0 Å². The highest BCUT2D eigenvalue weighted by Gasteiger charge is 1.99. The molecule has 0 amide bonds. The van der Waals surface area contributed by atoms with Crippen LogP contribution in [0.2, 0.25) is 0 Å². The van der Waals surface area contributed by atoms with Crippen LogP contribution >= 0.6 is 0 Å². The van der Waals surface area contributed by atoms with Crippen molar-refractivity contribution in [1.29, 1.82) is 0 Å². The fraction of sp³-hybridized carbons (Fsp3) is 0.950. The first-order valence-electron chi connectivity index (χ1n) is 10.6. The number of methoxy groups -OCH3 is 1. The summed E-state index contributed by atoms with van der Waals surface area (Å²) in [4.78, 5) is 10.9. The van der Waals surface area contributed by atoms with Crippen LogP contribution in [0.15, 0.2) is 0 Å². The minimum atomic E-state index is -0.475. The SMILES string of the molecule is COC(=O)CCOCCOCCOCCOCCOCCOCCOCCOCCF. The number of hydrogen-bond donors (Lipinski definition) is 0. The monoisotopic (exact) mass is 458 g/mol. The third kappa shape index (κ3) is 27.0. The summed E-state index contributed by atoms with van der Waals surface area (Å²) >= 11 is 0. The highest BCUT2D eigenvalue weighted by molar-refractivity contribution is 5.69. The molecular weight excluding hydrogens is 419 g/mol. The summed E-state index contributed by atoms with van der Waals surface area (Å²) in [6, 6.07) is 0. The number of alkyl halides is 1. The maximum Gasteiger partial charge on any atom is 0.307 e. The molecule has 11 heteroatoms. The summed E-state index contributed by atoms with van der Waals surface area (Å²) in [6.45, 7) is 6.51. The molecule has 0 bridgehead atoms. The zero-order valence-corrected chi connectivity index (χ0v) is 18.7. The Morgan fingerprint density at radius 1 is 0.484 bits per heavy atom. The van der Waals surface area contributed by atoms with Gasteiger partial charge in [-0.15, -0.1) is 0 Å². The van der Waals surface area contributed by atoms with E-state index in [1.165, 1.54) is 7.11 Å². The molecule has 0 radical (unpaired) electrons. The van der Waals surface area contributed by atoms with Crippen molar-refractivity contribution < 1.29 is 51.8 Å². The van der Waals surface area contributed by atoms with Crippen molar-refractivity contribution in [2.24, 2.45) is 0 Å². The number of carbonyl (C=O) groups excluding carboxylic acids is 1. The van der Waals surface area contributed by atoms with E-state index in [9.17, 15) is 9.18 Å². The zero-order chi connectivity index (χ0) is 22.7. The van der Waals surface area contributed by atoms with Gasteiger partial charge in [0.2, 0.25) is 0 Å². The molecule has 0 aliphatic rings. The Balaban J connectivity index is 3.01. The van der Waals surface area contributed by atoms with E-state index in [1.807, 2.05) is 0 Å². The molecular formula is C20H39FO10. The summed E-state index contributed by atoms with van der Waals surface area (Å²) in [5.74, 6) is -0.287. The molecule has 0 aromatic heterocycles. The molecule has 0 saturated heterocycles. The van der Waals surface area contributed by atoms with E-state index in [1.54, 1.807) is 0 Å². The van der Waals surface area contributed by atoms with Gasteiger partial charge in [-0.25, -0.2) is 4.39 Å². The Labute approximate surface area is 184 Å². The van der Waals surface area contributed by atoms with Crippen molar-refractivity contribution in [2.45, 2.75) is 6.42 Å². The van der Waals surface area contributed by atoms with Crippen LogP contribution in [-0.4, -0.2) is 125 Å². The van der Waals surface area contributed by atoms with E-state index in [0.717, 1.165) is 0 Å². The fourth-order valence-corrected chi connectivity index (χ4v) is 1.95. The molecule has 31 heavy (non-hydrogen) atoms. The lowest BCUT2D eigenvalue weighted by Crippen LogP contribution is -2.15. The van der Waals surface area contributed by atoms with Gasteiger partial charge in [0.05, 0.1) is 119 Å². The van der Waals surface area contributed by atoms with E-state index >= 15 is 0 Å². The molecule has 0 aromatic carbocycles. The van der Waals surface area contributed by atoms with Gasteiger partial charge < -0.3 is 42.6 Å². The van der Waals surface area contributed by atoms with Crippen LogP contribution in [0.25, 0.3) is 0 Å². The first kappa shape index (κ1) is 30.1. The predicted octanol–water partition coefficient (Wildman–Crippen LogP) is 0.652. The first-order chi connectivity index (χ1) is 15.3. The van der Waals surface area contributed by atoms with Gasteiger partial charge in [0.25, 0.3) is 0 Å². The standard InChI is InChI=1S/C20H39FO10/c1-23-20(22)2-4-24-6-8-26-10-12-28-14-16-30-18-19-31-17-15-29-13-11-27-9-7-25-5-3-21/h2-19H2,1H3. The maximum atomic E-state index is 11.8. The first-order valence-corrected chi connectivity index (χ1v) is 10.6. The summed E-state index contributed by atoms with van der Waals surface area (Å²) in [5.41, 5.74) is 0. The van der Waals surface area contributed by atoms with Crippen LogP contribution in [0.4, 0.5) is 4.39 Å². The molecule has 0 N–H and O–H groups in total. The number of carbonyl (C=O) groups is 1. The summed E-state index contributed by atoms with van der Waals surface area (Å²) in [7, 11) is 1.35. The Morgan fingerprint density at radius 3 is 1.00 bits per heavy atom. The maximum absolute atomic E-state index is 11.8. The predicted molar refractivity (Wildman–Crippen MR) is 109 cm³/mol. The van der Waals surface area contributed by atoms with Gasteiger partial charge in [-0.1, -0.05) is 0 Å². The second-order valence-electron chi connectivity index (χ2n) is 5.91. The molecule has 0 fully saturated rings.